The Morgan fingerprint density at radius 2 is 2.40 bits per heavy atom. The van der Waals surface area contributed by atoms with E-state index in [2.05, 4.69) is 6.92 Å². The van der Waals surface area contributed by atoms with Crippen LogP contribution < -0.4 is 0 Å². The Hall–Kier alpha value is -0.940. The fourth-order valence-corrected chi connectivity index (χ4v) is 1.91. The smallest absolute Gasteiger partial charge is 0.371 e. The Morgan fingerprint density at radius 1 is 1.67 bits per heavy atom. The number of hydrogen-bond acceptors (Lipinski definition) is 4. The third kappa shape index (κ3) is 3.97. The zero-order valence-electron chi connectivity index (χ0n) is 8.73. The second-order valence-corrected chi connectivity index (χ2v) is 4.57. The van der Waals surface area contributed by atoms with E-state index >= 15 is 0 Å². The molecule has 1 heterocycles. The molecule has 1 aromatic heterocycles. The Kier molecular flexibility index (Phi) is 4.71. The van der Waals surface area contributed by atoms with E-state index in [1.165, 1.54) is 6.07 Å². The van der Waals surface area contributed by atoms with Crippen molar-refractivity contribution in [2.24, 2.45) is 0 Å². The van der Waals surface area contributed by atoms with Gasteiger partial charge in [0.15, 0.2) is 0 Å². The molecule has 0 aliphatic carbocycles. The van der Waals surface area contributed by atoms with Gasteiger partial charge in [0.2, 0.25) is 5.76 Å². The van der Waals surface area contributed by atoms with Crippen LogP contribution in [0.25, 0.3) is 0 Å². The number of thioether (sulfide) groups is 1. The largest absolute Gasteiger partial charge is 0.475 e. The molecule has 0 bridgehead atoms. The third-order valence-electron chi connectivity index (χ3n) is 1.78. The van der Waals surface area contributed by atoms with E-state index in [1.54, 1.807) is 24.9 Å². The quantitative estimate of drug-likeness (QED) is 0.812. The van der Waals surface area contributed by atoms with E-state index in [4.69, 9.17) is 14.3 Å². The first kappa shape index (κ1) is 12.1. The Bertz CT molecular complexity index is 321. The van der Waals surface area contributed by atoms with Gasteiger partial charge in [0, 0.05) is 12.4 Å². The molecule has 0 fully saturated rings. The first-order valence-corrected chi connectivity index (χ1v) is 5.61. The number of aromatic carboxylic acids is 1. The molecule has 0 aliphatic heterocycles. The molecule has 4 nitrogen and oxygen atoms in total. The summed E-state index contributed by atoms with van der Waals surface area (Å²) in [5, 5.41) is 9.01. The summed E-state index contributed by atoms with van der Waals surface area (Å²) in [5.74, 6) is 0.305. The Balaban J connectivity index is 2.40. The molecule has 0 spiro atoms. The van der Waals surface area contributed by atoms with Crippen molar-refractivity contribution >= 4 is 17.7 Å². The van der Waals surface area contributed by atoms with Gasteiger partial charge in [-0.05, 0) is 12.1 Å². The highest BCUT2D eigenvalue weighted by atomic mass is 32.2. The molecule has 0 saturated carbocycles. The number of hydrogen-bond donors (Lipinski definition) is 1. The summed E-state index contributed by atoms with van der Waals surface area (Å²) >= 11 is 1.67. The summed E-state index contributed by atoms with van der Waals surface area (Å²) in [5.41, 5.74) is 0. The standard InChI is InChI=1S/C10H14O4S/c1-7(5-13-2)15-6-8-3-4-9(14-8)10(11)12/h3-4,7H,5-6H2,1-2H3,(H,11,12). The molecule has 0 radical (unpaired) electrons. The van der Waals surface area contributed by atoms with Crippen LogP contribution >= 0.6 is 11.8 Å². The number of carbonyl (C=O) groups is 1. The van der Waals surface area contributed by atoms with Crippen molar-refractivity contribution in [2.45, 2.75) is 17.9 Å². The molecule has 15 heavy (non-hydrogen) atoms. The highest BCUT2D eigenvalue weighted by molar-refractivity contribution is 7.99. The molecule has 5 heteroatoms. The topological polar surface area (TPSA) is 59.7 Å². The molecule has 1 aromatic rings. The van der Waals surface area contributed by atoms with Crippen LogP contribution in [0.4, 0.5) is 0 Å². The van der Waals surface area contributed by atoms with Gasteiger partial charge >= 0.3 is 5.97 Å². The fourth-order valence-electron chi connectivity index (χ4n) is 1.08. The highest BCUT2D eigenvalue weighted by Gasteiger charge is 2.10. The summed E-state index contributed by atoms with van der Waals surface area (Å²) in [6.07, 6.45) is 0. The molecule has 1 rings (SSSR count). The van der Waals surface area contributed by atoms with E-state index in [0.29, 0.717) is 23.4 Å². The molecule has 0 aromatic carbocycles. The van der Waals surface area contributed by atoms with Crippen molar-refractivity contribution in [3.63, 3.8) is 0 Å². The molecule has 1 unspecified atom stereocenters. The van der Waals surface area contributed by atoms with Crippen LogP contribution in [0.1, 0.15) is 23.2 Å². The van der Waals surface area contributed by atoms with Crippen LogP contribution in [0.3, 0.4) is 0 Å². The van der Waals surface area contributed by atoms with Gasteiger partial charge in [0.25, 0.3) is 0 Å². The van der Waals surface area contributed by atoms with Crippen LogP contribution in [-0.4, -0.2) is 30.0 Å². The minimum Gasteiger partial charge on any atom is -0.475 e. The number of carboxylic acids is 1. The van der Waals surface area contributed by atoms with Crippen molar-refractivity contribution in [2.75, 3.05) is 13.7 Å². The van der Waals surface area contributed by atoms with Gasteiger partial charge in [-0.15, -0.1) is 11.8 Å². The van der Waals surface area contributed by atoms with Gasteiger partial charge in [-0.25, -0.2) is 4.79 Å². The zero-order chi connectivity index (χ0) is 11.3. The summed E-state index contributed by atoms with van der Waals surface area (Å²) in [6, 6.07) is 3.16. The number of rotatable bonds is 6. The van der Waals surface area contributed by atoms with Crippen LogP contribution in [0.2, 0.25) is 0 Å². The lowest BCUT2D eigenvalue weighted by Gasteiger charge is -2.07. The molecule has 0 aliphatic rings. The maximum Gasteiger partial charge on any atom is 0.371 e. The summed E-state index contributed by atoms with van der Waals surface area (Å²) in [4.78, 5) is 10.5. The molecule has 0 amide bonds. The lowest BCUT2D eigenvalue weighted by atomic mass is 10.4. The van der Waals surface area contributed by atoms with Crippen molar-refractivity contribution in [1.29, 1.82) is 0 Å². The lowest BCUT2D eigenvalue weighted by Crippen LogP contribution is -2.05. The third-order valence-corrected chi connectivity index (χ3v) is 2.94. The second kappa shape index (κ2) is 5.82. The monoisotopic (exact) mass is 230 g/mol. The highest BCUT2D eigenvalue weighted by Crippen LogP contribution is 2.19. The van der Waals surface area contributed by atoms with Crippen LogP contribution in [0.15, 0.2) is 16.5 Å². The van der Waals surface area contributed by atoms with Crippen molar-refractivity contribution in [3.8, 4) is 0 Å². The molecule has 1 N–H and O–H groups in total. The summed E-state index contributed by atoms with van der Waals surface area (Å²) in [7, 11) is 1.66. The molecular weight excluding hydrogens is 216 g/mol. The SMILES string of the molecule is COCC(C)SCc1ccc(C(=O)O)o1. The molecular formula is C10H14O4S. The average Bonchev–Trinajstić information content (AvgIpc) is 2.63. The minimum absolute atomic E-state index is 0.00926. The van der Waals surface area contributed by atoms with Crippen LogP contribution in [0.5, 0.6) is 0 Å². The average molecular weight is 230 g/mol. The van der Waals surface area contributed by atoms with E-state index in [9.17, 15) is 4.79 Å². The van der Waals surface area contributed by atoms with Crippen molar-refractivity contribution in [3.05, 3.63) is 23.7 Å². The predicted molar refractivity (Wildman–Crippen MR) is 58.3 cm³/mol. The molecule has 84 valence electrons. The Labute approximate surface area is 92.6 Å². The van der Waals surface area contributed by atoms with E-state index in [-0.39, 0.29) is 5.76 Å². The van der Waals surface area contributed by atoms with Gasteiger partial charge in [-0.2, -0.15) is 0 Å². The predicted octanol–water partition coefficient (Wildman–Crippen LogP) is 2.25. The van der Waals surface area contributed by atoms with E-state index in [0.717, 1.165) is 0 Å². The fraction of sp³-hybridized carbons (Fsp3) is 0.500. The maximum absolute atomic E-state index is 10.5. The summed E-state index contributed by atoms with van der Waals surface area (Å²) < 4.78 is 10.1. The Morgan fingerprint density at radius 3 is 2.93 bits per heavy atom. The number of carboxylic acid groups (broad SMARTS) is 1. The minimum atomic E-state index is -1.03. The van der Waals surface area contributed by atoms with Gasteiger partial charge in [-0.3, -0.25) is 0 Å². The van der Waals surface area contributed by atoms with Crippen molar-refractivity contribution in [1.82, 2.24) is 0 Å². The molecule has 0 saturated heterocycles. The first-order valence-electron chi connectivity index (χ1n) is 4.56. The first-order chi connectivity index (χ1) is 7.13. The van der Waals surface area contributed by atoms with Gasteiger partial charge < -0.3 is 14.3 Å². The van der Waals surface area contributed by atoms with Crippen LogP contribution in [-0.2, 0) is 10.5 Å². The zero-order valence-corrected chi connectivity index (χ0v) is 9.54. The number of furan rings is 1. The van der Waals surface area contributed by atoms with Gasteiger partial charge in [0.1, 0.15) is 5.76 Å². The summed E-state index contributed by atoms with van der Waals surface area (Å²) in [6.45, 7) is 2.73. The van der Waals surface area contributed by atoms with Gasteiger partial charge in [-0.1, -0.05) is 6.92 Å². The van der Waals surface area contributed by atoms with Crippen molar-refractivity contribution < 1.29 is 19.1 Å². The number of methoxy groups -OCH3 is 1. The van der Waals surface area contributed by atoms with E-state index in [1.807, 2.05) is 0 Å². The number of ether oxygens (including phenoxy) is 1. The van der Waals surface area contributed by atoms with E-state index < -0.39 is 5.97 Å². The lowest BCUT2D eigenvalue weighted by molar-refractivity contribution is 0.0661. The second-order valence-electron chi connectivity index (χ2n) is 3.15. The normalized spacial score (nSPS) is 12.7. The molecule has 1 atom stereocenters. The van der Waals surface area contributed by atoms with Gasteiger partial charge in [0.05, 0.1) is 12.4 Å². The van der Waals surface area contributed by atoms with Crippen LogP contribution in [0, 0.1) is 0 Å². The maximum atomic E-state index is 10.5.